The minimum absolute atomic E-state index is 0.122. The van der Waals surface area contributed by atoms with Crippen LogP contribution in [0.3, 0.4) is 0 Å². The lowest BCUT2D eigenvalue weighted by Gasteiger charge is -2.11. The fourth-order valence-electron chi connectivity index (χ4n) is 2.72. The molecule has 0 spiro atoms. The number of anilines is 1. The third kappa shape index (κ3) is 6.18. The van der Waals surface area contributed by atoms with E-state index in [1.807, 2.05) is 25.1 Å². The first kappa shape index (κ1) is 24.0. The van der Waals surface area contributed by atoms with Gasteiger partial charge in [-0.05, 0) is 66.1 Å². The molecule has 4 nitrogen and oxygen atoms in total. The minimum atomic E-state index is -0.581. The molecule has 0 radical (unpaired) electrons. The Hall–Kier alpha value is -2.68. The quantitative estimate of drug-likeness (QED) is 0.275. The number of ether oxygens (including phenoxy) is 1. The lowest BCUT2D eigenvalue weighted by Crippen LogP contribution is -2.13. The van der Waals surface area contributed by atoms with E-state index >= 15 is 0 Å². The maximum Gasteiger partial charge on any atom is 0.266 e. The van der Waals surface area contributed by atoms with Crippen LogP contribution in [0.25, 0.3) is 6.08 Å². The molecule has 0 fully saturated rings. The molecule has 0 atom stereocenters. The van der Waals surface area contributed by atoms with Gasteiger partial charge in [-0.3, -0.25) is 4.79 Å². The van der Waals surface area contributed by atoms with Crippen molar-refractivity contribution in [1.82, 2.24) is 0 Å². The van der Waals surface area contributed by atoms with Gasteiger partial charge >= 0.3 is 0 Å². The molecule has 162 valence electrons. The van der Waals surface area contributed by atoms with Crippen molar-refractivity contribution < 1.29 is 9.53 Å². The first-order valence-corrected chi connectivity index (χ1v) is 10.8. The number of benzene rings is 3. The zero-order valence-corrected chi connectivity index (χ0v) is 19.8. The van der Waals surface area contributed by atoms with E-state index in [0.29, 0.717) is 27.0 Å². The average Bonchev–Trinajstić information content (AvgIpc) is 2.75. The molecule has 0 bridgehead atoms. The number of nitrogens with zero attached hydrogens (tertiary/aromatic N) is 1. The Morgan fingerprint density at radius 2 is 1.66 bits per heavy atom. The Bertz CT molecular complexity index is 1210. The molecular formula is C24H16Cl4N2O2. The second-order valence-corrected chi connectivity index (χ2v) is 8.47. The van der Waals surface area contributed by atoms with Crippen LogP contribution < -0.4 is 10.1 Å². The topological polar surface area (TPSA) is 62.1 Å². The maximum absolute atomic E-state index is 12.5. The van der Waals surface area contributed by atoms with Gasteiger partial charge in [0, 0.05) is 15.7 Å². The number of nitrogens with one attached hydrogen (secondary N) is 1. The number of carbonyl (C=O) groups excluding carboxylic acids is 1. The molecule has 1 N–H and O–H groups in total. The van der Waals surface area contributed by atoms with Gasteiger partial charge in [0.05, 0.1) is 10.0 Å². The summed E-state index contributed by atoms with van der Waals surface area (Å²) in [6.45, 7) is 2.10. The largest absolute Gasteiger partial charge is 0.486 e. The van der Waals surface area contributed by atoms with Gasteiger partial charge < -0.3 is 10.1 Å². The molecule has 0 heterocycles. The molecular weight excluding hydrogens is 490 g/mol. The van der Waals surface area contributed by atoms with Gasteiger partial charge in [0.1, 0.15) is 18.2 Å². The summed E-state index contributed by atoms with van der Waals surface area (Å²) in [6, 6.07) is 17.3. The summed E-state index contributed by atoms with van der Waals surface area (Å²) < 4.78 is 5.74. The summed E-state index contributed by atoms with van der Waals surface area (Å²) in [4.78, 5) is 12.5. The summed E-state index contributed by atoms with van der Waals surface area (Å²) in [6.07, 6.45) is 1.39. The normalized spacial score (nSPS) is 11.1. The molecule has 3 rings (SSSR count). The summed E-state index contributed by atoms with van der Waals surface area (Å²) >= 11 is 24.6. The molecule has 8 heteroatoms. The van der Waals surface area contributed by atoms with Crippen molar-refractivity contribution in [2.75, 3.05) is 5.32 Å². The molecule has 3 aromatic carbocycles. The first-order chi connectivity index (χ1) is 15.3. The Kier molecular flexibility index (Phi) is 8.06. The van der Waals surface area contributed by atoms with E-state index < -0.39 is 5.91 Å². The highest BCUT2D eigenvalue weighted by molar-refractivity contribution is 6.37. The average molecular weight is 506 g/mol. The van der Waals surface area contributed by atoms with Crippen molar-refractivity contribution in [3.63, 3.8) is 0 Å². The number of hydrogen-bond donors (Lipinski definition) is 1. The number of halogens is 4. The van der Waals surface area contributed by atoms with Crippen LogP contribution in [0.5, 0.6) is 5.75 Å². The molecule has 32 heavy (non-hydrogen) atoms. The zero-order chi connectivity index (χ0) is 23.3. The van der Waals surface area contributed by atoms with E-state index in [1.54, 1.807) is 42.5 Å². The lowest BCUT2D eigenvalue weighted by molar-refractivity contribution is -0.112. The van der Waals surface area contributed by atoms with Gasteiger partial charge in [0.25, 0.3) is 5.91 Å². The first-order valence-electron chi connectivity index (χ1n) is 9.32. The number of amides is 1. The number of rotatable bonds is 6. The fourth-order valence-corrected chi connectivity index (χ4v) is 3.64. The highest BCUT2D eigenvalue weighted by atomic mass is 35.5. The number of carbonyl (C=O) groups is 1. The molecule has 0 saturated carbocycles. The number of hydrogen-bond acceptors (Lipinski definition) is 3. The zero-order valence-electron chi connectivity index (χ0n) is 16.8. The molecule has 0 aliphatic rings. The molecule has 0 aliphatic carbocycles. The summed E-state index contributed by atoms with van der Waals surface area (Å²) in [5, 5.41) is 13.7. The van der Waals surface area contributed by atoms with E-state index in [-0.39, 0.29) is 22.2 Å². The fraction of sp³-hybridized carbons (Fsp3) is 0.0833. The van der Waals surface area contributed by atoms with Crippen molar-refractivity contribution in [2.24, 2.45) is 0 Å². The van der Waals surface area contributed by atoms with Crippen LogP contribution in [0.15, 0.2) is 60.2 Å². The monoisotopic (exact) mass is 504 g/mol. The SMILES string of the molecule is Cc1ccc(NC(=O)/C(C#N)=C\c2cc(Cl)c(OCc3ccc(Cl)cc3)c(Cl)c2)cc1Cl. The van der Waals surface area contributed by atoms with Gasteiger partial charge in [0.2, 0.25) is 0 Å². The van der Waals surface area contributed by atoms with Gasteiger partial charge in [-0.25, -0.2) is 0 Å². The van der Waals surface area contributed by atoms with E-state index in [2.05, 4.69) is 5.32 Å². The van der Waals surface area contributed by atoms with Crippen molar-refractivity contribution in [2.45, 2.75) is 13.5 Å². The Morgan fingerprint density at radius 3 is 2.25 bits per heavy atom. The molecule has 0 saturated heterocycles. The summed E-state index contributed by atoms with van der Waals surface area (Å²) in [5.74, 6) is -0.277. The van der Waals surface area contributed by atoms with Crippen molar-refractivity contribution in [3.8, 4) is 11.8 Å². The van der Waals surface area contributed by atoms with Crippen LogP contribution in [0.1, 0.15) is 16.7 Å². The van der Waals surface area contributed by atoms with E-state index in [1.165, 1.54) is 6.08 Å². The Morgan fingerprint density at radius 1 is 1.00 bits per heavy atom. The predicted octanol–water partition coefficient (Wildman–Crippen LogP) is 7.73. The molecule has 0 aromatic heterocycles. The minimum Gasteiger partial charge on any atom is -0.486 e. The van der Waals surface area contributed by atoms with Gasteiger partial charge in [0.15, 0.2) is 5.75 Å². The smallest absolute Gasteiger partial charge is 0.266 e. The second kappa shape index (κ2) is 10.8. The lowest BCUT2D eigenvalue weighted by atomic mass is 10.1. The number of nitriles is 1. The summed E-state index contributed by atoms with van der Waals surface area (Å²) in [5.41, 5.74) is 2.61. The van der Waals surface area contributed by atoms with Crippen molar-refractivity contribution in [1.29, 1.82) is 5.26 Å². The van der Waals surface area contributed by atoms with Crippen LogP contribution in [0.2, 0.25) is 20.1 Å². The molecule has 1 amide bonds. The van der Waals surface area contributed by atoms with Crippen LogP contribution in [0.4, 0.5) is 5.69 Å². The third-order valence-corrected chi connectivity index (χ3v) is 5.64. The molecule has 0 aliphatic heterocycles. The van der Waals surface area contributed by atoms with E-state index in [4.69, 9.17) is 51.1 Å². The Labute approximate surface area is 205 Å². The van der Waals surface area contributed by atoms with E-state index in [9.17, 15) is 10.1 Å². The highest BCUT2D eigenvalue weighted by Gasteiger charge is 2.14. The number of aryl methyl sites for hydroxylation is 1. The van der Waals surface area contributed by atoms with Gasteiger partial charge in [-0.1, -0.05) is 64.6 Å². The maximum atomic E-state index is 12.5. The predicted molar refractivity (Wildman–Crippen MR) is 131 cm³/mol. The van der Waals surface area contributed by atoms with Crippen LogP contribution in [-0.4, -0.2) is 5.91 Å². The Balaban J connectivity index is 1.77. The van der Waals surface area contributed by atoms with E-state index in [0.717, 1.165) is 11.1 Å². The second-order valence-electron chi connectivity index (χ2n) is 6.82. The summed E-state index contributed by atoms with van der Waals surface area (Å²) in [7, 11) is 0. The third-order valence-electron chi connectivity index (χ3n) is 4.42. The van der Waals surface area contributed by atoms with Crippen LogP contribution in [-0.2, 0) is 11.4 Å². The van der Waals surface area contributed by atoms with Gasteiger partial charge in [-0.15, -0.1) is 0 Å². The van der Waals surface area contributed by atoms with Crippen LogP contribution >= 0.6 is 46.4 Å². The van der Waals surface area contributed by atoms with Crippen LogP contribution in [0, 0.1) is 18.3 Å². The van der Waals surface area contributed by atoms with Crippen molar-refractivity contribution >= 4 is 64.1 Å². The molecule has 3 aromatic rings. The van der Waals surface area contributed by atoms with Gasteiger partial charge in [-0.2, -0.15) is 5.26 Å². The standard InChI is InChI=1S/C24H16Cl4N2O2/c1-14-2-7-19(11-20(14)26)30-24(31)17(12-29)8-16-9-21(27)23(22(28)10-16)32-13-15-3-5-18(25)6-4-15/h2-11H,13H2,1H3,(H,30,31)/b17-8-. The highest BCUT2D eigenvalue weighted by Crippen LogP contribution is 2.35. The molecule has 0 unspecified atom stereocenters. The van der Waals surface area contributed by atoms with Crippen molar-refractivity contribution in [3.05, 3.63) is 97.0 Å².